The fourth-order valence-corrected chi connectivity index (χ4v) is 4.09. The number of H-pyrrole nitrogens is 1. The molecule has 2 heterocycles. The second kappa shape index (κ2) is 9.73. The first-order chi connectivity index (χ1) is 14.8. The van der Waals surface area contributed by atoms with Gasteiger partial charge in [0.15, 0.2) is 5.82 Å². The molecule has 5 nitrogen and oxygen atoms in total. The second-order valence-corrected chi connectivity index (χ2v) is 8.84. The van der Waals surface area contributed by atoms with Crippen LogP contribution in [-0.2, 0) is 0 Å². The van der Waals surface area contributed by atoms with E-state index in [0.29, 0.717) is 11.9 Å². The molecule has 0 saturated heterocycles. The van der Waals surface area contributed by atoms with Crippen molar-refractivity contribution >= 4 is 5.78 Å². The summed E-state index contributed by atoms with van der Waals surface area (Å²) in [5.41, 5.74) is 4.99. The lowest BCUT2D eigenvalue weighted by atomic mass is 9.71. The Kier molecular flexibility index (Phi) is 7.06. The number of aromatic nitrogens is 4. The Morgan fingerprint density at radius 1 is 1.23 bits per heavy atom. The van der Waals surface area contributed by atoms with E-state index in [9.17, 15) is 4.79 Å². The molecule has 1 N–H and O–H groups in total. The Bertz CT molecular complexity index is 1050. The van der Waals surface area contributed by atoms with E-state index >= 15 is 0 Å². The molecule has 1 atom stereocenters. The highest BCUT2D eigenvalue weighted by Crippen LogP contribution is 2.45. The Balaban J connectivity index is 1.71. The number of ketones is 1. The molecule has 162 valence electrons. The normalized spacial score (nSPS) is 20.2. The van der Waals surface area contributed by atoms with Gasteiger partial charge in [0.1, 0.15) is 0 Å². The molecule has 1 unspecified atom stereocenters. The highest BCUT2D eigenvalue weighted by molar-refractivity contribution is 6.02. The van der Waals surface area contributed by atoms with Gasteiger partial charge >= 0.3 is 0 Å². The van der Waals surface area contributed by atoms with Gasteiger partial charge < -0.3 is 9.55 Å². The van der Waals surface area contributed by atoms with Crippen molar-refractivity contribution in [1.82, 2.24) is 19.5 Å². The van der Waals surface area contributed by atoms with E-state index in [2.05, 4.69) is 71.6 Å². The molecule has 0 aromatic carbocycles. The Morgan fingerprint density at radius 3 is 2.71 bits per heavy atom. The zero-order chi connectivity index (χ0) is 22.4. The number of nitrogens with zero attached hydrogens (tertiary/aromatic N) is 3. The number of carbonyl (C=O) groups is 1. The first kappa shape index (κ1) is 22.5. The van der Waals surface area contributed by atoms with Crippen molar-refractivity contribution in [1.29, 1.82) is 0 Å². The van der Waals surface area contributed by atoms with Crippen molar-refractivity contribution in [2.75, 3.05) is 0 Å². The van der Waals surface area contributed by atoms with Gasteiger partial charge in [0.05, 0.1) is 12.4 Å². The van der Waals surface area contributed by atoms with Crippen molar-refractivity contribution in [2.45, 2.75) is 53.5 Å². The zero-order valence-electron chi connectivity index (χ0n) is 19.1. The van der Waals surface area contributed by atoms with Gasteiger partial charge in [0, 0.05) is 24.8 Å². The Hall–Kier alpha value is -3.21. The molecule has 0 saturated carbocycles. The molecule has 2 aromatic heterocycles. The van der Waals surface area contributed by atoms with Crippen LogP contribution in [0, 0.1) is 5.41 Å². The van der Waals surface area contributed by atoms with E-state index in [-0.39, 0.29) is 11.2 Å². The molecule has 31 heavy (non-hydrogen) atoms. The summed E-state index contributed by atoms with van der Waals surface area (Å²) in [4.78, 5) is 23.1. The topological polar surface area (TPSA) is 63.6 Å². The van der Waals surface area contributed by atoms with Gasteiger partial charge in [-0.25, -0.2) is 9.97 Å². The molecule has 0 fully saturated rings. The van der Waals surface area contributed by atoms with Crippen LogP contribution < -0.4 is 0 Å². The Labute approximate surface area is 185 Å². The van der Waals surface area contributed by atoms with Crippen LogP contribution in [0.2, 0.25) is 0 Å². The van der Waals surface area contributed by atoms with Gasteiger partial charge in [-0.3, -0.25) is 4.79 Å². The molecule has 2 aromatic rings. The van der Waals surface area contributed by atoms with Gasteiger partial charge in [-0.1, -0.05) is 49.8 Å². The lowest BCUT2D eigenvalue weighted by molar-refractivity contribution is 0.103. The lowest BCUT2D eigenvalue weighted by Crippen LogP contribution is -2.25. The van der Waals surface area contributed by atoms with Crippen LogP contribution >= 0.6 is 0 Å². The molecule has 5 heteroatoms. The third-order valence-electron chi connectivity index (χ3n) is 5.90. The highest BCUT2D eigenvalue weighted by atomic mass is 16.1. The number of nitrogens with one attached hydrogen (secondary N) is 1. The van der Waals surface area contributed by atoms with E-state index in [1.807, 2.05) is 31.6 Å². The van der Waals surface area contributed by atoms with Gasteiger partial charge in [-0.05, 0) is 61.8 Å². The molecule has 0 spiro atoms. The maximum atomic E-state index is 12.1. The molecule has 0 bridgehead atoms. The summed E-state index contributed by atoms with van der Waals surface area (Å²) in [6.07, 6.45) is 23.3. The summed E-state index contributed by atoms with van der Waals surface area (Å²) < 4.78 is 2.21. The van der Waals surface area contributed by atoms with E-state index in [4.69, 9.17) is 0 Å². The number of carbonyl (C=O) groups excluding carboxylic acids is 1. The average Bonchev–Trinajstić information content (AvgIpc) is 3.41. The Morgan fingerprint density at radius 2 is 2.03 bits per heavy atom. The van der Waals surface area contributed by atoms with Crippen molar-refractivity contribution in [2.24, 2.45) is 5.41 Å². The van der Waals surface area contributed by atoms with Crippen LogP contribution in [0.3, 0.4) is 0 Å². The summed E-state index contributed by atoms with van der Waals surface area (Å²) >= 11 is 0. The average molecular weight is 417 g/mol. The summed E-state index contributed by atoms with van der Waals surface area (Å²) in [6, 6.07) is 0.374. The van der Waals surface area contributed by atoms with Gasteiger partial charge in [0.25, 0.3) is 0 Å². The maximum absolute atomic E-state index is 12.1. The summed E-state index contributed by atoms with van der Waals surface area (Å²) in [7, 11) is 0. The van der Waals surface area contributed by atoms with Gasteiger partial charge in [-0.2, -0.15) is 0 Å². The quantitative estimate of drug-likeness (QED) is 0.333. The third kappa shape index (κ3) is 5.69. The molecule has 1 aliphatic rings. The van der Waals surface area contributed by atoms with Gasteiger partial charge in [0.2, 0.25) is 5.78 Å². The SMILES string of the molecule is CC(C=CC1=C(C)C(n2ccnc2)CCC1(C)C)=CC=CC(C)=CC(=O)c1ncc[nH]1. The largest absolute Gasteiger partial charge is 0.342 e. The van der Waals surface area contributed by atoms with Crippen molar-refractivity contribution in [3.8, 4) is 0 Å². The fourth-order valence-electron chi connectivity index (χ4n) is 4.09. The first-order valence-corrected chi connectivity index (χ1v) is 10.7. The summed E-state index contributed by atoms with van der Waals surface area (Å²) in [5, 5.41) is 0. The predicted molar refractivity (Wildman–Crippen MR) is 126 cm³/mol. The monoisotopic (exact) mass is 416 g/mol. The second-order valence-electron chi connectivity index (χ2n) is 8.84. The molecular weight excluding hydrogens is 384 g/mol. The highest BCUT2D eigenvalue weighted by Gasteiger charge is 2.32. The fraction of sp³-hybridized carbons (Fsp3) is 0.346. The lowest BCUT2D eigenvalue weighted by Gasteiger charge is -2.37. The molecular formula is C26H32N4O. The molecule has 0 radical (unpaired) electrons. The maximum Gasteiger partial charge on any atom is 0.221 e. The number of aromatic amines is 1. The molecule has 0 amide bonds. The van der Waals surface area contributed by atoms with E-state index < -0.39 is 0 Å². The van der Waals surface area contributed by atoms with E-state index in [1.54, 1.807) is 18.5 Å². The van der Waals surface area contributed by atoms with E-state index in [0.717, 1.165) is 24.0 Å². The van der Waals surface area contributed by atoms with Crippen LogP contribution in [-0.4, -0.2) is 25.3 Å². The third-order valence-corrected chi connectivity index (χ3v) is 5.90. The van der Waals surface area contributed by atoms with Crippen LogP contribution in [0.25, 0.3) is 0 Å². The number of hydrogen-bond acceptors (Lipinski definition) is 3. The standard InChI is InChI=1S/C26H32N4O/c1-19(7-6-8-20(2)17-24(31)25-28-13-14-29-25)9-10-22-21(3)23(11-12-26(22,4)5)30-16-15-27-18-30/h6-10,13-18,23H,11-12H2,1-5H3,(H,28,29). The van der Waals surface area contributed by atoms with Gasteiger partial charge in [-0.15, -0.1) is 0 Å². The number of hydrogen-bond donors (Lipinski definition) is 1. The number of rotatable bonds is 7. The number of imidazole rings is 2. The minimum absolute atomic E-state index is 0.123. The first-order valence-electron chi connectivity index (χ1n) is 10.7. The van der Waals surface area contributed by atoms with Crippen molar-refractivity contribution < 1.29 is 4.79 Å². The minimum Gasteiger partial charge on any atom is -0.342 e. The number of allylic oxidation sites excluding steroid dienone is 10. The van der Waals surface area contributed by atoms with Crippen LogP contribution in [0.15, 0.2) is 89.9 Å². The van der Waals surface area contributed by atoms with Crippen LogP contribution in [0.4, 0.5) is 0 Å². The van der Waals surface area contributed by atoms with Crippen molar-refractivity contribution in [3.05, 3.63) is 95.7 Å². The van der Waals surface area contributed by atoms with Crippen molar-refractivity contribution in [3.63, 3.8) is 0 Å². The molecule has 1 aliphatic carbocycles. The van der Waals surface area contributed by atoms with Crippen LogP contribution in [0.1, 0.15) is 64.1 Å². The zero-order valence-corrected chi connectivity index (χ0v) is 19.1. The smallest absolute Gasteiger partial charge is 0.221 e. The summed E-state index contributed by atoms with van der Waals surface area (Å²) in [5.74, 6) is 0.234. The van der Waals surface area contributed by atoms with E-state index in [1.165, 1.54) is 11.1 Å². The minimum atomic E-state index is -0.123. The predicted octanol–water partition coefficient (Wildman–Crippen LogP) is 6.17. The summed E-state index contributed by atoms with van der Waals surface area (Å²) in [6.45, 7) is 10.9. The molecule has 3 rings (SSSR count). The molecule has 0 aliphatic heterocycles. The van der Waals surface area contributed by atoms with Crippen LogP contribution in [0.5, 0.6) is 0 Å².